The van der Waals surface area contributed by atoms with E-state index in [4.69, 9.17) is 4.74 Å². The molecule has 1 N–H and O–H groups in total. The standard InChI is InChI=1S/C24H29NO3/c1-16(2)20-10-7-11-21(17(3)4)24(20)25-22(26)15-28-23(27)13-12-19-9-6-8-18(5)14-19/h6-14,16-17H,15H2,1-5H3,(H,25,26)/b13-12+. The Labute approximate surface area is 167 Å². The van der Waals surface area contributed by atoms with Crippen molar-refractivity contribution < 1.29 is 14.3 Å². The molecule has 0 aliphatic rings. The summed E-state index contributed by atoms with van der Waals surface area (Å²) in [6.07, 6.45) is 3.02. The number of benzene rings is 2. The highest BCUT2D eigenvalue weighted by Gasteiger charge is 2.16. The van der Waals surface area contributed by atoms with E-state index in [-0.39, 0.29) is 24.3 Å². The first-order valence-corrected chi connectivity index (χ1v) is 9.62. The number of carbonyl (C=O) groups excluding carboxylic acids is 2. The molecule has 1 amide bonds. The van der Waals surface area contributed by atoms with Crippen molar-refractivity contribution in [3.05, 3.63) is 70.8 Å². The molecule has 2 aromatic rings. The monoisotopic (exact) mass is 379 g/mol. The van der Waals surface area contributed by atoms with E-state index < -0.39 is 5.97 Å². The SMILES string of the molecule is Cc1cccc(/C=C/C(=O)OCC(=O)Nc2c(C(C)C)cccc2C(C)C)c1. The summed E-state index contributed by atoms with van der Waals surface area (Å²) in [5.41, 5.74) is 4.99. The molecule has 2 aromatic carbocycles. The van der Waals surface area contributed by atoms with Crippen LogP contribution in [-0.2, 0) is 14.3 Å². The summed E-state index contributed by atoms with van der Waals surface area (Å²) in [5.74, 6) is -0.340. The van der Waals surface area contributed by atoms with Crippen molar-refractivity contribution in [1.82, 2.24) is 0 Å². The van der Waals surface area contributed by atoms with Crippen molar-refractivity contribution in [2.45, 2.75) is 46.5 Å². The molecule has 0 atom stereocenters. The van der Waals surface area contributed by atoms with E-state index in [1.54, 1.807) is 6.08 Å². The number of hydrogen-bond acceptors (Lipinski definition) is 3. The predicted molar refractivity (Wildman–Crippen MR) is 114 cm³/mol. The van der Waals surface area contributed by atoms with Crippen molar-refractivity contribution in [3.8, 4) is 0 Å². The number of esters is 1. The van der Waals surface area contributed by atoms with Gasteiger partial charge in [0.2, 0.25) is 0 Å². The van der Waals surface area contributed by atoms with Crippen LogP contribution in [0.2, 0.25) is 0 Å². The maximum atomic E-state index is 12.4. The quantitative estimate of drug-likeness (QED) is 0.515. The molecule has 148 valence electrons. The van der Waals surface area contributed by atoms with Crippen LogP contribution in [0.1, 0.15) is 61.8 Å². The van der Waals surface area contributed by atoms with Crippen LogP contribution in [-0.4, -0.2) is 18.5 Å². The fourth-order valence-corrected chi connectivity index (χ4v) is 2.99. The van der Waals surface area contributed by atoms with Crippen LogP contribution in [0.4, 0.5) is 5.69 Å². The summed E-state index contributed by atoms with van der Waals surface area (Å²) >= 11 is 0. The third-order valence-corrected chi connectivity index (χ3v) is 4.44. The molecule has 28 heavy (non-hydrogen) atoms. The first kappa shape index (κ1) is 21.4. The molecule has 0 spiro atoms. The molecule has 0 fully saturated rings. The second kappa shape index (κ2) is 9.88. The Morgan fingerprint density at radius 3 is 2.18 bits per heavy atom. The molecule has 0 saturated carbocycles. The average molecular weight is 380 g/mol. The van der Waals surface area contributed by atoms with Gasteiger partial charge in [-0.25, -0.2) is 4.79 Å². The van der Waals surface area contributed by atoms with Crippen LogP contribution < -0.4 is 5.32 Å². The Balaban J connectivity index is 2.00. The maximum Gasteiger partial charge on any atom is 0.331 e. The zero-order valence-corrected chi connectivity index (χ0v) is 17.3. The van der Waals surface area contributed by atoms with E-state index in [1.807, 2.05) is 49.4 Å². The molecule has 0 aliphatic heterocycles. The van der Waals surface area contributed by atoms with Gasteiger partial charge < -0.3 is 10.1 Å². The lowest BCUT2D eigenvalue weighted by Gasteiger charge is -2.20. The van der Waals surface area contributed by atoms with Crippen LogP contribution in [0, 0.1) is 6.92 Å². The fraction of sp³-hybridized carbons (Fsp3) is 0.333. The lowest BCUT2D eigenvalue weighted by molar-refractivity contribution is -0.142. The number of ether oxygens (including phenoxy) is 1. The number of amides is 1. The Kier molecular flexibility index (Phi) is 7.56. The van der Waals surface area contributed by atoms with Crippen molar-refractivity contribution >= 4 is 23.6 Å². The molecule has 4 nitrogen and oxygen atoms in total. The summed E-state index contributed by atoms with van der Waals surface area (Å²) in [7, 11) is 0. The van der Waals surface area contributed by atoms with Crippen molar-refractivity contribution in [1.29, 1.82) is 0 Å². The van der Waals surface area contributed by atoms with Gasteiger partial charge in [-0.1, -0.05) is 75.7 Å². The topological polar surface area (TPSA) is 55.4 Å². The summed E-state index contributed by atoms with van der Waals surface area (Å²) in [6.45, 7) is 10.0. The molecule has 0 aliphatic carbocycles. The van der Waals surface area contributed by atoms with Gasteiger partial charge in [0.15, 0.2) is 6.61 Å². The Hall–Kier alpha value is -2.88. The number of aryl methyl sites for hydroxylation is 1. The smallest absolute Gasteiger partial charge is 0.331 e. The molecule has 0 heterocycles. The largest absolute Gasteiger partial charge is 0.452 e. The van der Waals surface area contributed by atoms with Gasteiger partial charge in [-0.15, -0.1) is 0 Å². The molecule has 4 heteroatoms. The zero-order chi connectivity index (χ0) is 20.7. The van der Waals surface area contributed by atoms with Gasteiger partial charge in [0, 0.05) is 11.8 Å². The van der Waals surface area contributed by atoms with Gasteiger partial charge in [0.1, 0.15) is 0 Å². The normalized spacial score (nSPS) is 11.2. The van der Waals surface area contributed by atoms with Crippen LogP contribution in [0.15, 0.2) is 48.5 Å². The molecular formula is C24H29NO3. The van der Waals surface area contributed by atoms with Gasteiger partial charge in [-0.05, 0) is 41.5 Å². The average Bonchev–Trinajstić information content (AvgIpc) is 2.64. The zero-order valence-electron chi connectivity index (χ0n) is 17.3. The first-order valence-electron chi connectivity index (χ1n) is 9.62. The molecule has 0 bridgehead atoms. The third kappa shape index (κ3) is 6.08. The molecule has 0 unspecified atom stereocenters. The number of carbonyl (C=O) groups is 2. The maximum absolute atomic E-state index is 12.4. The highest BCUT2D eigenvalue weighted by molar-refractivity contribution is 5.96. The van der Waals surface area contributed by atoms with Gasteiger partial charge in [0.25, 0.3) is 5.91 Å². The van der Waals surface area contributed by atoms with Crippen LogP contribution in [0.25, 0.3) is 6.08 Å². The summed E-state index contributed by atoms with van der Waals surface area (Å²) in [6, 6.07) is 13.8. The van der Waals surface area contributed by atoms with Crippen molar-refractivity contribution in [3.63, 3.8) is 0 Å². The van der Waals surface area contributed by atoms with Crippen LogP contribution >= 0.6 is 0 Å². The van der Waals surface area contributed by atoms with E-state index >= 15 is 0 Å². The summed E-state index contributed by atoms with van der Waals surface area (Å²) in [4.78, 5) is 24.3. The second-order valence-corrected chi connectivity index (χ2v) is 7.52. The summed E-state index contributed by atoms with van der Waals surface area (Å²) < 4.78 is 5.09. The number of nitrogens with one attached hydrogen (secondary N) is 1. The van der Waals surface area contributed by atoms with Gasteiger partial charge in [0.05, 0.1) is 0 Å². The minimum Gasteiger partial charge on any atom is -0.452 e. The number of hydrogen-bond donors (Lipinski definition) is 1. The lowest BCUT2D eigenvalue weighted by Crippen LogP contribution is -2.22. The predicted octanol–water partition coefficient (Wildman–Crippen LogP) is 5.44. The molecular weight excluding hydrogens is 350 g/mol. The lowest BCUT2D eigenvalue weighted by atomic mass is 9.92. The first-order chi connectivity index (χ1) is 13.3. The van der Waals surface area contributed by atoms with Crippen molar-refractivity contribution in [2.75, 3.05) is 11.9 Å². The van der Waals surface area contributed by atoms with E-state index in [2.05, 4.69) is 33.0 Å². The summed E-state index contributed by atoms with van der Waals surface area (Å²) in [5, 5.41) is 2.94. The Morgan fingerprint density at radius 1 is 1.00 bits per heavy atom. The Morgan fingerprint density at radius 2 is 1.61 bits per heavy atom. The minimum absolute atomic E-state index is 0.272. The van der Waals surface area contributed by atoms with E-state index in [0.29, 0.717) is 0 Å². The van der Waals surface area contributed by atoms with Gasteiger partial charge in [-0.2, -0.15) is 0 Å². The minimum atomic E-state index is -0.544. The van der Waals surface area contributed by atoms with E-state index in [1.165, 1.54) is 6.08 Å². The van der Waals surface area contributed by atoms with E-state index in [9.17, 15) is 9.59 Å². The van der Waals surface area contributed by atoms with Gasteiger partial charge >= 0.3 is 5.97 Å². The fourth-order valence-electron chi connectivity index (χ4n) is 2.99. The third-order valence-electron chi connectivity index (χ3n) is 4.44. The highest BCUT2D eigenvalue weighted by Crippen LogP contribution is 2.32. The number of anilines is 1. The number of para-hydroxylation sites is 1. The van der Waals surface area contributed by atoms with Crippen LogP contribution in [0.5, 0.6) is 0 Å². The van der Waals surface area contributed by atoms with Gasteiger partial charge in [-0.3, -0.25) is 4.79 Å². The molecule has 2 rings (SSSR count). The van der Waals surface area contributed by atoms with Crippen LogP contribution in [0.3, 0.4) is 0 Å². The highest BCUT2D eigenvalue weighted by atomic mass is 16.5. The molecule has 0 radical (unpaired) electrons. The number of rotatable bonds is 7. The molecule has 0 saturated heterocycles. The van der Waals surface area contributed by atoms with Crippen molar-refractivity contribution in [2.24, 2.45) is 0 Å². The second-order valence-electron chi connectivity index (χ2n) is 7.52. The molecule has 0 aromatic heterocycles. The Bertz CT molecular complexity index is 840. The van der Waals surface area contributed by atoms with E-state index in [0.717, 1.165) is 27.9 Å².